The minimum Gasteiger partial charge on any atom is -0.399 e. The van der Waals surface area contributed by atoms with Crippen LogP contribution in [-0.4, -0.2) is 6.61 Å². The van der Waals surface area contributed by atoms with E-state index < -0.39 is 0 Å². The van der Waals surface area contributed by atoms with Gasteiger partial charge in [-0.2, -0.15) is 0 Å². The van der Waals surface area contributed by atoms with E-state index in [-0.39, 0.29) is 0 Å². The summed E-state index contributed by atoms with van der Waals surface area (Å²) < 4.78 is 6.76. The van der Waals surface area contributed by atoms with Crippen molar-refractivity contribution in [1.82, 2.24) is 0 Å². The summed E-state index contributed by atoms with van der Waals surface area (Å²) >= 11 is 3.42. The fourth-order valence-corrected chi connectivity index (χ4v) is 2.10. The predicted molar refractivity (Wildman–Crippen MR) is 83.0 cm³/mol. The quantitative estimate of drug-likeness (QED) is 0.640. The predicted octanol–water partition coefficient (Wildman–Crippen LogP) is 4.18. The van der Waals surface area contributed by atoms with E-state index in [1.165, 1.54) is 11.1 Å². The van der Waals surface area contributed by atoms with Crippen molar-refractivity contribution >= 4 is 21.6 Å². The van der Waals surface area contributed by atoms with Crippen LogP contribution in [0.3, 0.4) is 0 Å². The fourth-order valence-electron chi connectivity index (χ4n) is 1.83. The molecule has 0 saturated heterocycles. The molecule has 19 heavy (non-hydrogen) atoms. The number of ether oxygens (including phenoxy) is 1. The lowest BCUT2D eigenvalue weighted by Gasteiger charge is -2.05. The SMILES string of the molecule is Nc1ccc(CCCOCc2ccc(Br)cc2)cc1. The van der Waals surface area contributed by atoms with Gasteiger partial charge in [-0.15, -0.1) is 0 Å². The molecule has 100 valence electrons. The molecule has 0 aliphatic heterocycles. The molecule has 2 rings (SSSR count). The van der Waals surface area contributed by atoms with E-state index in [0.29, 0.717) is 6.61 Å². The Kier molecular flexibility index (Phi) is 5.43. The van der Waals surface area contributed by atoms with Gasteiger partial charge in [-0.3, -0.25) is 0 Å². The Morgan fingerprint density at radius 1 is 0.895 bits per heavy atom. The zero-order valence-electron chi connectivity index (χ0n) is 10.8. The molecule has 0 aliphatic rings. The molecule has 2 aromatic carbocycles. The Balaban J connectivity index is 1.64. The number of halogens is 1. The van der Waals surface area contributed by atoms with Gasteiger partial charge in [0, 0.05) is 16.8 Å². The van der Waals surface area contributed by atoms with Gasteiger partial charge in [-0.05, 0) is 48.2 Å². The topological polar surface area (TPSA) is 35.2 Å². The van der Waals surface area contributed by atoms with Gasteiger partial charge < -0.3 is 10.5 Å². The van der Waals surface area contributed by atoms with Crippen LogP contribution in [0.15, 0.2) is 53.0 Å². The maximum Gasteiger partial charge on any atom is 0.0716 e. The van der Waals surface area contributed by atoms with Gasteiger partial charge in [0.25, 0.3) is 0 Å². The van der Waals surface area contributed by atoms with Crippen LogP contribution in [0.4, 0.5) is 5.69 Å². The van der Waals surface area contributed by atoms with Crippen molar-refractivity contribution in [3.63, 3.8) is 0 Å². The van der Waals surface area contributed by atoms with Crippen molar-refractivity contribution in [1.29, 1.82) is 0 Å². The average molecular weight is 320 g/mol. The minimum atomic E-state index is 0.676. The molecule has 0 atom stereocenters. The first-order valence-corrected chi connectivity index (χ1v) is 7.20. The molecule has 0 fully saturated rings. The zero-order chi connectivity index (χ0) is 13.5. The molecule has 2 aromatic rings. The molecule has 0 saturated carbocycles. The first kappa shape index (κ1) is 14.1. The summed E-state index contributed by atoms with van der Waals surface area (Å²) in [6.45, 7) is 1.45. The highest BCUT2D eigenvalue weighted by molar-refractivity contribution is 9.10. The van der Waals surface area contributed by atoms with Crippen LogP contribution in [0.1, 0.15) is 17.5 Å². The van der Waals surface area contributed by atoms with E-state index in [1.54, 1.807) is 0 Å². The Hall–Kier alpha value is -1.32. The van der Waals surface area contributed by atoms with Gasteiger partial charge in [0.2, 0.25) is 0 Å². The zero-order valence-corrected chi connectivity index (χ0v) is 12.4. The average Bonchev–Trinajstić information content (AvgIpc) is 2.43. The van der Waals surface area contributed by atoms with Crippen LogP contribution < -0.4 is 5.73 Å². The van der Waals surface area contributed by atoms with Crippen molar-refractivity contribution in [2.45, 2.75) is 19.4 Å². The molecule has 0 heterocycles. The third kappa shape index (κ3) is 5.05. The summed E-state index contributed by atoms with van der Waals surface area (Å²) in [4.78, 5) is 0. The second-order valence-electron chi connectivity index (χ2n) is 4.52. The number of benzene rings is 2. The Bertz CT molecular complexity index is 446. The van der Waals surface area contributed by atoms with Gasteiger partial charge in [-0.1, -0.05) is 40.2 Å². The Labute approximate surface area is 122 Å². The Morgan fingerprint density at radius 3 is 2.21 bits per heavy atom. The van der Waals surface area contributed by atoms with E-state index in [1.807, 2.05) is 24.3 Å². The highest BCUT2D eigenvalue weighted by Crippen LogP contribution is 2.12. The van der Waals surface area contributed by atoms with Gasteiger partial charge in [0.15, 0.2) is 0 Å². The van der Waals surface area contributed by atoms with Crippen molar-refractivity contribution in [2.75, 3.05) is 12.3 Å². The van der Waals surface area contributed by atoms with Crippen LogP contribution in [-0.2, 0) is 17.8 Å². The second kappa shape index (κ2) is 7.31. The molecular formula is C16H18BrNO. The lowest BCUT2D eigenvalue weighted by Crippen LogP contribution is -1.97. The first-order chi connectivity index (χ1) is 9.24. The lowest BCUT2D eigenvalue weighted by atomic mass is 10.1. The van der Waals surface area contributed by atoms with Crippen LogP contribution >= 0.6 is 15.9 Å². The summed E-state index contributed by atoms with van der Waals surface area (Å²) in [5, 5.41) is 0. The van der Waals surface area contributed by atoms with Gasteiger partial charge >= 0.3 is 0 Å². The Morgan fingerprint density at radius 2 is 1.53 bits per heavy atom. The highest BCUT2D eigenvalue weighted by atomic mass is 79.9. The maximum atomic E-state index is 5.67. The van der Waals surface area contributed by atoms with E-state index in [9.17, 15) is 0 Å². The molecule has 0 radical (unpaired) electrons. The van der Waals surface area contributed by atoms with E-state index in [0.717, 1.165) is 29.6 Å². The number of anilines is 1. The molecule has 3 heteroatoms. The monoisotopic (exact) mass is 319 g/mol. The van der Waals surface area contributed by atoms with Gasteiger partial charge in [-0.25, -0.2) is 0 Å². The summed E-state index contributed by atoms with van der Waals surface area (Å²) in [5.74, 6) is 0. The highest BCUT2D eigenvalue weighted by Gasteiger charge is 1.96. The van der Waals surface area contributed by atoms with Crippen molar-refractivity contribution in [3.8, 4) is 0 Å². The second-order valence-corrected chi connectivity index (χ2v) is 5.44. The van der Waals surface area contributed by atoms with Crippen molar-refractivity contribution in [3.05, 3.63) is 64.1 Å². The van der Waals surface area contributed by atoms with Crippen molar-refractivity contribution < 1.29 is 4.74 Å². The third-order valence-corrected chi connectivity index (χ3v) is 3.44. The van der Waals surface area contributed by atoms with Crippen LogP contribution in [0.2, 0.25) is 0 Å². The largest absolute Gasteiger partial charge is 0.399 e. The molecule has 0 unspecified atom stereocenters. The van der Waals surface area contributed by atoms with Crippen LogP contribution in [0.25, 0.3) is 0 Å². The number of rotatable bonds is 6. The lowest BCUT2D eigenvalue weighted by molar-refractivity contribution is 0.118. The molecule has 0 bridgehead atoms. The smallest absolute Gasteiger partial charge is 0.0716 e. The molecule has 2 N–H and O–H groups in total. The summed E-state index contributed by atoms with van der Waals surface area (Å²) in [7, 11) is 0. The van der Waals surface area contributed by atoms with Gasteiger partial charge in [0.05, 0.1) is 6.61 Å². The molecule has 2 nitrogen and oxygen atoms in total. The molecule has 0 amide bonds. The van der Waals surface area contributed by atoms with Crippen molar-refractivity contribution in [2.24, 2.45) is 0 Å². The standard InChI is InChI=1S/C16H18BrNO/c17-15-7-3-14(4-8-15)12-19-11-1-2-13-5-9-16(18)10-6-13/h3-10H,1-2,11-12,18H2. The third-order valence-electron chi connectivity index (χ3n) is 2.92. The summed E-state index contributed by atoms with van der Waals surface area (Å²) in [6, 6.07) is 16.2. The van der Waals surface area contributed by atoms with Crippen LogP contribution in [0, 0.1) is 0 Å². The van der Waals surface area contributed by atoms with E-state index in [2.05, 4.69) is 40.2 Å². The summed E-state index contributed by atoms with van der Waals surface area (Å²) in [5.41, 5.74) is 8.98. The van der Waals surface area contributed by atoms with Gasteiger partial charge in [0.1, 0.15) is 0 Å². The number of nitrogen functional groups attached to an aromatic ring is 1. The number of hydrogen-bond donors (Lipinski definition) is 1. The first-order valence-electron chi connectivity index (χ1n) is 6.40. The molecule has 0 aliphatic carbocycles. The van der Waals surface area contributed by atoms with E-state index in [4.69, 9.17) is 10.5 Å². The molecular weight excluding hydrogens is 302 g/mol. The normalized spacial score (nSPS) is 10.6. The van der Waals surface area contributed by atoms with E-state index >= 15 is 0 Å². The number of hydrogen-bond acceptors (Lipinski definition) is 2. The number of aryl methyl sites for hydroxylation is 1. The molecule has 0 aromatic heterocycles. The fraction of sp³-hybridized carbons (Fsp3) is 0.250. The molecule has 0 spiro atoms. The minimum absolute atomic E-state index is 0.676. The maximum absolute atomic E-state index is 5.67. The number of nitrogens with two attached hydrogens (primary N) is 1. The summed E-state index contributed by atoms with van der Waals surface area (Å²) in [6.07, 6.45) is 2.06. The van der Waals surface area contributed by atoms with Crippen LogP contribution in [0.5, 0.6) is 0 Å².